The Balaban J connectivity index is 2.89. The van der Waals surface area contributed by atoms with Crippen molar-refractivity contribution in [2.24, 2.45) is 23.7 Å². The summed E-state index contributed by atoms with van der Waals surface area (Å²) in [5.74, 6) is 1.71. The fourth-order valence-corrected chi connectivity index (χ4v) is 3.34. The summed E-state index contributed by atoms with van der Waals surface area (Å²) in [4.78, 5) is 15.0. The van der Waals surface area contributed by atoms with Crippen molar-refractivity contribution < 1.29 is 9.53 Å². The van der Waals surface area contributed by atoms with Gasteiger partial charge in [-0.3, -0.25) is 4.79 Å². The molecule has 0 N–H and O–H groups in total. The molecule has 19 heavy (non-hydrogen) atoms. The molecule has 112 valence electrons. The van der Waals surface area contributed by atoms with Gasteiger partial charge < -0.3 is 9.64 Å². The highest BCUT2D eigenvalue weighted by Gasteiger charge is 2.40. The van der Waals surface area contributed by atoms with Crippen molar-refractivity contribution in [2.45, 2.75) is 60.1 Å². The summed E-state index contributed by atoms with van der Waals surface area (Å²) < 4.78 is 5.43. The summed E-state index contributed by atoms with van der Waals surface area (Å²) in [5.41, 5.74) is 0. The molecule has 1 aliphatic heterocycles. The summed E-state index contributed by atoms with van der Waals surface area (Å²) in [6.45, 7) is 13.8. The van der Waals surface area contributed by atoms with Crippen LogP contribution in [0.5, 0.6) is 0 Å². The highest BCUT2D eigenvalue weighted by molar-refractivity contribution is 5.80. The van der Waals surface area contributed by atoms with Crippen LogP contribution in [0.1, 0.15) is 48.0 Å². The molecule has 4 atom stereocenters. The average Bonchev–Trinajstić information content (AvgIpc) is 2.70. The van der Waals surface area contributed by atoms with Crippen LogP contribution in [0.2, 0.25) is 0 Å². The molecule has 3 nitrogen and oxygen atoms in total. The van der Waals surface area contributed by atoms with E-state index in [-0.39, 0.29) is 17.9 Å². The SMILES string of the molecule is COC(C)[C@@H](C(=O)N1CC(C)C[C@H]1C(C)C)C(C)C. The summed E-state index contributed by atoms with van der Waals surface area (Å²) in [6.07, 6.45) is 1.12. The van der Waals surface area contributed by atoms with E-state index in [2.05, 4.69) is 39.5 Å². The Bertz CT molecular complexity index is 301. The molecule has 1 saturated heterocycles. The van der Waals surface area contributed by atoms with Gasteiger partial charge in [-0.25, -0.2) is 0 Å². The number of methoxy groups -OCH3 is 1. The number of rotatable bonds is 5. The van der Waals surface area contributed by atoms with E-state index in [9.17, 15) is 4.79 Å². The fourth-order valence-electron chi connectivity index (χ4n) is 3.34. The van der Waals surface area contributed by atoms with Crippen LogP contribution in [0.4, 0.5) is 0 Å². The molecule has 0 bridgehead atoms. The summed E-state index contributed by atoms with van der Waals surface area (Å²) in [6, 6.07) is 0.396. The molecular formula is C16H31NO2. The number of nitrogens with zero attached hydrogens (tertiary/aromatic N) is 1. The molecule has 0 aromatic carbocycles. The third kappa shape index (κ3) is 3.71. The lowest BCUT2D eigenvalue weighted by Gasteiger charge is -2.34. The number of hydrogen-bond acceptors (Lipinski definition) is 2. The standard InChI is InChI=1S/C16H31NO2/c1-10(2)14-8-12(5)9-17(14)16(18)15(11(3)4)13(6)19-7/h10-15H,8-9H2,1-7H3/t12?,13?,14-,15-/m0/s1. The Morgan fingerprint density at radius 1 is 1.21 bits per heavy atom. The van der Waals surface area contributed by atoms with E-state index in [4.69, 9.17) is 4.74 Å². The van der Waals surface area contributed by atoms with Gasteiger partial charge in [0.15, 0.2) is 0 Å². The molecule has 0 aromatic rings. The molecule has 0 aromatic heterocycles. The van der Waals surface area contributed by atoms with Gasteiger partial charge in [-0.2, -0.15) is 0 Å². The fraction of sp³-hybridized carbons (Fsp3) is 0.938. The zero-order chi connectivity index (χ0) is 14.7. The van der Waals surface area contributed by atoms with Crippen LogP contribution in [0, 0.1) is 23.7 Å². The first-order valence-electron chi connectivity index (χ1n) is 7.62. The lowest BCUT2D eigenvalue weighted by molar-refractivity contribution is -0.143. The van der Waals surface area contributed by atoms with E-state index < -0.39 is 0 Å². The summed E-state index contributed by atoms with van der Waals surface area (Å²) >= 11 is 0. The Hall–Kier alpha value is -0.570. The number of amides is 1. The topological polar surface area (TPSA) is 29.5 Å². The maximum absolute atomic E-state index is 12.9. The summed E-state index contributed by atoms with van der Waals surface area (Å²) in [7, 11) is 1.69. The van der Waals surface area contributed by atoms with Gasteiger partial charge in [-0.05, 0) is 31.1 Å². The minimum Gasteiger partial charge on any atom is -0.381 e. The van der Waals surface area contributed by atoms with Crippen LogP contribution in [0.3, 0.4) is 0 Å². The minimum absolute atomic E-state index is 0.0174. The van der Waals surface area contributed by atoms with Crippen LogP contribution < -0.4 is 0 Å². The average molecular weight is 269 g/mol. The largest absolute Gasteiger partial charge is 0.381 e. The van der Waals surface area contributed by atoms with Crippen molar-refractivity contribution >= 4 is 5.91 Å². The first-order chi connectivity index (χ1) is 8.79. The quantitative estimate of drug-likeness (QED) is 0.767. The normalized spacial score (nSPS) is 27.1. The van der Waals surface area contributed by atoms with Crippen molar-refractivity contribution in [3.8, 4) is 0 Å². The summed E-state index contributed by atoms with van der Waals surface area (Å²) in [5, 5.41) is 0. The van der Waals surface area contributed by atoms with Crippen molar-refractivity contribution in [1.82, 2.24) is 4.90 Å². The molecule has 0 radical (unpaired) electrons. The maximum atomic E-state index is 12.9. The van der Waals surface area contributed by atoms with Crippen molar-refractivity contribution in [3.63, 3.8) is 0 Å². The Morgan fingerprint density at radius 2 is 1.79 bits per heavy atom. The Labute approximate surface area is 118 Å². The second kappa shape index (κ2) is 6.74. The van der Waals surface area contributed by atoms with Crippen LogP contribution in [0.25, 0.3) is 0 Å². The highest BCUT2D eigenvalue weighted by Crippen LogP contribution is 2.31. The number of carbonyl (C=O) groups is 1. The first kappa shape index (κ1) is 16.5. The van der Waals surface area contributed by atoms with Gasteiger partial charge in [0.25, 0.3) is 0 Å². The van der Waals surface area contributed by atoms with Gasteiger partial charge >= 0.3 is 0 Å². The highest BCUT2D eigenvalue weighted by atomic mass is 16.5. The van der Waals surface area contributed by atoms with Crippen molar-refractivity contribution in [1.29, 1.82) is 0 Å². The smallest absolute Gasteiger partial charge is 0.228 e. The van der Waals surface area contributed by atoms with Gasteiger partial charge in [-0.15, -0.1) is 0 Å². The van der Waals surface area contributed by atoms with Gasteiger partial charge in [-0.1, -0.05) is 34.6 Å². The van der Waals surface area contributed by atoms with Crippen molar-refractivity contribution in [3.05, 3.63) is 0 Å². The van der Waals surface area contributed by atoms with Gasteiger partial charge in [0.05, 0.1) is 12.0 Å². The van der Waals surface area contributed by atoms with Crippen molar-refractivity contribution in [2.75, 3.05) is 13.7 Å². The third-order valence-corrected chi connectivity index (χ3v) is 4.49. The van der Waals surface area contributed by atoms with Crippen LogP contribution in [-0.4, -0.2) is 36.6 Å². The van der Waals surface area contributed by atoms with Crippen LogP contribution in [-0.2, 0) is 9.53 Å². The second-order valence-corrected chi connectivity index (χ2v) is 6.85. The van der Waals surface area contributed by atoms with Crippen LogP contribution in [0.15, 0.2) is 0 Å². The number of carbonyl (C=O) groups excluding carboxylic acids is 1. The predicted octanol–water partition coefficient (Wildman–Crippen LogP) is 3.19. The van der Waals surface area contributed by atoms with E-state index in [1.54, 1.807) is 7.11 Å². The molecule has 1 heterocycles. The van der Waals surface area contributed by atoms with E-state index in [1.807, 2.05) is 6.92 Å². The predicted molar refractivity (Wildman–Crippen MR) is 78.9 cm³/mol. The Kier molecular flexibility index (Phi) is 5.84. The lowest BCUT2D eigenvalue weighted by atomic mass is 9.88. The van der Waals surface area contributed by atoms with Gasteiger partial charge in [0.1, 0.15) is 0 Å². The van der Waals surface area contributed by atoms with E-state index in [1.165, 1.54) is 0 Å². The Morgan fingerprint density at radius 3 is 2.21 bits per heavy atom. The molecule has 0 aliphatic carbocycles. The molecule has 1 amide bonds. The first-order valence-corrected chi connectivity index (χ1v) is 7.62. The lowest BCUT2D eigenvalue weighted by Crippen LogP contribution is -2.46. The van der Waals surface area contributed by atoms with Crippen LogP contribution >= 0.6 is 0 Å². The zero-order valence-corrected chi connectivity index (χ0v) is 13.6. The van der Waals surface area contributed by atoms with Gasteiger partial charge in [0.2, 0.25) is 5.91 Å². The maximum Gasteiger partial charge on any atom is 0.228 e. The number of likely N-dealkylation sites (tertiary alicyclic amines) is 1. The molecule has 1 fully saturated rings. The third-order valence-electron chi connectivity index (χ3n) is 4.49. The number of ether oxygens (including phenoxy) is 1. The minimum atomic E-state index is -0.0310. The number of hydrogen-bond donors (Lipinski definition) is 0. The monoisotopic (exact) mass is 269 g/mol. The molecule has 1 aliphatic rings. The molecule has 0 spiro atoms. The zero-order valence-electron chi connectivity index (χ0n) is 13.6. The molecule has 2 unspecified atom stereocenters. The molecule has 3 heteroatoms. The van der Waals surface area contributed by atoms with Gasteiger partial charge in [0, 0.05) is 19.7 Å². The molecule has 1 rings (SSSR count). The second-order valence-electron chi connectivity index (χ2n) is 6.85. The van der Waals surface area contributed by atoms with E-state index in [0.29, 0.717) is 23.8 Å². The molecule has 0 saturated carbocycles. The molecular weight excluding hydrogens is 238 g/mol. The van der Waals surface area contributed by atoms with E-state index in [0.717, 1.165) is 13.0 Å². The van der Waals surface area contributed by atoms with E-state index >= 15 is 0 Å².